The van der Waals surface area contributed by atoms with Gasteiger partial charge in [-0.2, -0.15) is 10.2 Å². The standard InChI is InChI=1S/C17H15N7O/c1-23-17(24-8-2-3-9-24)14(10-20-23)16(25)21-13-6-4-12(5-7-13)15-18-11-19-22-15/h2-11H,1H3,(H,21,25)(H,18,19,22). The van der Waals surface area contributed by atoms with E-state index in [1.807, 2.05) is 53.4 Å². The van der Waals surface area contributed by atoms with Crippen molar-refractivity contribution < 1.29 is 4.79 Å². The summed E-state index contributed by atoms with van der Waals surface area (Å²) in [5, 5.41) is 13.7. The van der Waals surface area contributed by atoms with E-state index < -0.39 is 0 Å². The van der Waals surface area contributed by atoms with Crippen molar-refractivity contribution in [1.82, 2.24) is 29.5 Å². The number of carbonyl (C=O) groups excluding carboxylic acids is 1. The van der Waals surface area contributed by atoms with Gasteiger partial charge in [-0.3, -0.25) is 14.6 Å². The SMILES string of the molecule is Cn1ncc(C(=O)Nc2ccc(-c3ncn[nH]3)cc2)c1-n1cccc1. The van der Waals surface area contributed by atoms with Gasteiger partial charge < -0.3 is 9.88 Å². The van der Waals surface area contributed by atoms with Gasteiger partial charge in [0.1, 0.15) is 17.7 Å². The van der Waals surface area contributed by atoms with Crippen LogP contribution in [0.3, 0.4) is 0 Å². The van der Waals surface area contributed by atoms with Crippen molar-refractivity contribution in [2.45, 2.75) is 0 Å². The molecule has 1 aromatic carbocycles. The van der Waals surface area contributed by atoms with E-state index in [1.165, 1.54) is 6.33 Å². The van der Waals surface area contributed by atoms with Gasteiger partial charge in [0, 0.05) is 30.7 Å². The minimum absolute atomic E-state index is 0.218. The van der Waals surface area contributed by atoms with E-state index >= 15 is 0 Å². The molecular weight excluding hydrogens is 318 g/mol. The van der Waals surface area contributed by atoms with Crippen LogP contribution in [-0.2, 0) is 7.05 Å². The van der Waals surface area contributed by atoms with Gasteiger partial charge in [-0.1, -0.05) is 0 Å². The third-order valence-electron chi connectivity index (χ3n) is 3.83. The fourth-order valence-electron chi connectivity index (χ4n) is 2.63. The molecule has 4 aromatic rings. The molecule has 1 amide bonds. The van der Waals surface area contributed by atoms with Gasteiger partial charge in [0.25, 0.3) is 5.91 Å². The smallest absolute Gasteiger partial charge is 0.261 e. The van der Waals surface area contributed by atoms with Crippen molar-refractivity contribution in [1.29, 1.82) is 0 Å². The summed E-state index contributed by atoms with van der Waals surface area (Å²) in [6.45, 7) is 0. The molecule has 0 atom stereocenters. The average Bonchev–Trinajstić information content (AvgIpc) is 3.37. The number of carbonyl (C=O) groups is 1. The van der Waals surface area contributed by atoms with E-state index in [2.05, 4.69) is 25.6 Å². The second kappa shape index (κ2) is 6.08. The Labute approximate surface area is 143 Å². The van der Waals surface area contributed by atoms with E-state index in [-0.39, 0.29) is 5.91 Å². The maximum absolute atomic E-state index is 12.7. The maximum atomic E-state index is 12.7. The lowest BCUT2D eigenvalue weighted by atomic mass is 10.2. The number of aryl methyl sites for hydroxylation is 1. The van der Waals surface area contributed by atoms with Gasteiger partial charge in [-0.25, -0.2) is 4.98 Å². The van der Waals surface area contributed by atoms with Crippen LogP contribution in [0.25, 0.3) is 17.2 Å². The van der Waals surface area contributed by atoms with Crippen LogP contribution in [0.1, 0.15) is 10.4 Å². The Morgan fingerprint density at radius 3 is 2.60 bits per heavy atom. The van der Waals surface area contributed by atoms with Crippen molar-refractivity contribution >= 4 is 11.6 Å². The van der Waals surface area contributed by atoms with Gasteiger partial charge in [-0.15, -0.1) is 0 Å². The summed E-state index contributed by atoms with van der Waals surface area (Å²) >= 11 is 0. The number of nitrogens with zero attached hydrogens (tertiary/aromatic N) is 5. The van der Waals surface area contributed by atoms with E-state index in [1.54, 1.807) is 17.9 Å². The van der Waals surface area contributed by atoms with Crippen LogP contribution >= 0.6 is 0 Å². The van der Waals surface area contributed by atoms with E-state index in [0.717, 1.165) is 5.56 Å². The van der Waals surface area contributed by atoms with Gasteiger partial charge in [-0.05, 0) is 36.4 Å². The van der Waals surface area contributed by atoms with Gasteiger partial charge in [0.05, 0.1) is 6.20 Å². The normalized spacial score (nSPS) is 10.8. The first kappa shape index (κ1) is 14.9. The lowest BCUT2D eigenvalue weighted by Gasteiger charge is -2.08. The zero-order valence-corrected chi connectivity index (χ0v) is 13.4. The molecule has 8 nitrogen and oxygen atoms in total. The molecule has 8 heteroatoms. The molecule has 0 saturated heterocycles. The van der Waals surface area contributed by atoms with Crippen LogP contribution in [0.2, 0.25) is 0 Å². The minimum atomic E-state index is -0.218. The van der Waals surface area contributed by atoms with Crippen molar-refractivity contribution in [3.8, 4) is 17.2 Å². The van der Waals surface area contributed by atoms with E-state index in [4.69, 9.17) is 0 Å². The largest absolute Gasteiger partial charge is 0.322 e. The monoisotopic (exact) mass is 333 g/mol. The van der Waals surface area contributed by atoms with Crippen LogP contribution in [0.5, 0.6) is 0 Å². The molecule has 0 radical (unpaired) electrons. The molecule has 0 unspecified atom stereocenters. The lowest BCUT2D eigenvalue weighted by molar-refractivity contribution is 0.102. The van der Waals surface area contributed by atoms with Crippen LogP contribution < -0.4 is 5.32 Å². The maximum Gasteiger partial charge on any atom is 0.261 e. The van der Waals surface area contributed by atoms with Crippen LogP contribution in [0, 0.1) is 0 Å². The minimum Gasteiger partial charge on any atom is -0.322 e. The predicted molar refractivity (Wildman–Crippen MR) is 92.3 cm³/mol. The number of rotatable bonds is 4. The molecule has 0 fully saturated rings. The second-order valence-corrected chi connectivity index (χ2v) is 5.46. The molecule has 3 aromatic heterocycles. The highest BCUT2D eigenvalue weighted by atomic mass is 16.1. The Morgan fingerprint density at radius 1 is 1.16 bits per heavy atom. The number of nitrogens with one attached hydrogen (secondary N) is 2. The van der Waals surface area contributed by atoms with Crippen LogP contribution in [0.15, 0.2) is 61.3 Å². The fraction of sp³-hybridized carbons (Fsp3) is 0.0588. The van der Waals surface area contributed by atoms with E-state index in [9.17, 15) is 4.79 Å². The molecule has 25 heavy (non-hydrogen) atoms. The summed E-state index contributed by atoms with van der Waals surface area (Å²) in [7, 11) is 1.80. The predicted octanol–water partition coefficient (Wildman–Crippen LogP) is 2.25. The van der Waals surface area contributed by atoms with Gasteiger partial charge >= 0.3 is 0 Å². The zero-order valence-electron chi connectivity index (χ0n) is 13.4. The topological polar surface area (TPSA) is 93.4 Å². The number of benzene rings is 1. The molecule has 124 valence electrons. The molecule has 0 aliphatic rings. The van der Waals surface area contributed by atoms with Gasteiger partial charge in [0.15, 0.2) is 5.82 Å². The number of hydrogen-bond acceptors (Lipinski definition) is 4. The molecule has 0 spiro atoms. The van der Waals surface area contributed by atoms with Crippen LogP contribution in [-0.4, -0.2) is 35.4 Å². The summed E-state index contributed by atoms with van der Waals surface area (Å²) in [4.78, 5) is 16.8. The third-order valence-corrected chi connectivity index (χ3v) is 3.83. The first-order valence-electron chi connectivity index (χ1n) is 7.65. The number of amides is 1. The molecule has 2 N–H and O–H groups in total. The Hall–Kier alpha value is -3.68. The molecule has 0 aliphatic carbocycles. The molecular formula is C17H15N7O. The summed E-state index contributed by atoms with van der Waals surface area (Å²) in [6.07, 6.45) is 6.77. The lowest BCUT2D eigenvalue weighted by Crippen LogP contribution is -2.14. The average molecular weight is 333 g/mol. The number of anilines is 1. The van der Waals surface area contributed by atoms with Crippen molar-refractivity contribution in [3.05, 3.63) is 66.9 Å². The fourth-order valence-corrected chi connectivity index (χ4v) is 2.63. The quantitative estimate of drug-likeness (QED) is 0.599. The van der Waals surface area contributed by atoms with Crippen LogP contribution in [0.4, 0.5) is 5.69 Å². The first-order valence-corrected chi connectivity index (χ1v) is 7.65. The number of hydrogen-bond donors (Lipinski definition) is 2. The number of aromatic amines is 1. The summed E-state index contributed by atoms with van der Waals surface area (Å²) in [5.41, 5.74) is 2.08. The Morgan fingerprint density at radius 2 is 1.92 bits per heavy atom. The van der Waals surface area contributed by atoms with Crippen molar-refractivity contribution in [3.63, 3.8) is 0 Å². The second-order valence-electron chi connectivity index (χ2n) is 5.46. The summed E-state index contributed by atoms with van der Waals surface area (Å²) in [6, 6.07) is 11.2. The molecule has 0 saturated carbocycles. The summed E-state index contributed by atoms with van der Waals surface area (Å²) < 4.78 is 3.52. The number of H-pyrrole nitrogens is 1. The highest BCUT2D eigenvalue weighted by molar-refractivity contribution is 6.06. The summed E-state index contributed by atoms with van der Waals surface area (Å²) in [5.74, 6) is 1.17. The highest BCUT2D eigenvalue weighted by Gasteiger charge is 2.17. The molecule has 0 aliphatic heterocycles. The zero-order chi connectivity index (χ0) is 17.2. The van der Waals surface area contributed by atoms with Gasteiger partial charge in [0.2, 0.25) is 0 Å². The third kappa shape index (κ3) is 2.80. The Kier molecular flexibility index (Phi) is 3.62. The molecule has 3 heterocycles. The molecule has 0 bridgehead atoms. The Bertz CT molecular complexity index is 982. The van der Waals surface area contributed by atoms with E-state index in [0.29, 0.717) is 22.9 Å². The molecule has 4 rings (SSSR count). The highest BCUT2D eigenvalue weighted by Crippen LogP contribution is 2.19. The first-order chi connectivity index (χ1) is 12.2. The number of aromatic nitrogens is 6. The van der Waals surface area contributed by atoms with Crippen molar-refractivity contribution in [2.75, 3.05) is 5.32 Å². The Balaban J connectivity index is 1.57. The van der Waals surface area contributed by atoms with Crippen molar-refractivity contribution in [2.24, 2.45) is 7.05 Å².